The van der Waals surface area contributed by atoms with Gasteiger partial charge in [-0.15, -0.1) is 0 Å². The van der Waals surface area contributed by atoms with Crippen LogP contribution in [0.25, 0.3) is 39.1 Å². The standard InChI is InChI=1S/C43H38F2N10O5/c1-24-37-38(54-16-15-53(42(54)58)33-10-9-31-29(35(33)45)21-46-50(31)2)36(26-3-6-28(44)7-4-26)48-55(37)18-17-52(24)39(56)30-23-51-22-27(25-11-19-59-20-12-25)5-8-32(51)34(30)43(13-14-43)40-47-41(57)60-49-40/h3-10,15-16,21-25H,11-14,17-20H2,1-2H3,(H,47,49,57). The number of carbonyl (C=O) groups is 1. The molecule has 0 radical (unpaired) electrons. The van der Waals surface area contributed by atoms with Gasteiger partial charge in [0.1, 0.15) is 17.2 Å². The van der Waals surface area contributed by atoms with E-state index in [9.17, 15) is 14.0 Å². The Kier molecular flexibility index (Phi) is 8.04. The lowest BCUT2D eigenvalue weighted by atomic mass is 9.90. The number of amides is 1. The van der Waals surface area contributed by atoms with Crippen molar-refractivity contribution in [3.63, 3.8) is 0 Å². The number of ether oxygens (including phenoxy) is 1. The van der Waals surface area contributed by atoms with Crippen molar-refractivity contribution in [2.75, 3.05) is 19.8 Å². The first-order chi connectivity index (χ1) is 29.1. The van der Waals surface area contributed by atoms with Gasteiger partial charge < -0.3 is 14.0 Å². The zero-order chi connectivity index (χ0) is 41.0. The molecule has 1 saturated carbocycles. The number of H-pyrrole nitrogens is 1. The first-order valence-electron chi connectivity index (χ1n) is 20.0. The molecule has 2 aromatic carbocycles. The quantitative estimate of drug-likeness (QED) is 0.213. The minimum Gasteiger partial charge on any atom is -0.381 e. The molecule has 0 bridgehead atoms. The summed E-state index contributed by atoms with van der Waals surface area (Å²) in [7, 11) is 1.71. The van der Waals surface area contributed by atoms with Crippen LogP contribution in [0.2, 0.25) is 0 Å². The number of fused-ring (bicyclic) bond motifs is 3. The van der Waals surface area contributed by atoms with Gasteiger partial charge in [0.25, 0.3) is 5.91 Å². The van der Waals surface area contributed by atoms with Gasteiger partial charge in [-0.2, -0.15) is 10.2 Å². The van der Waals surface area contributed by atoms with E-state index in [4.69, 9.17) is 14.4 Å². The second-order valence-corrected chi connectivity index (χ2v) is 16.0. The fourth-order valence-corrected chi connectivity index (χ4v) is 9.46. The Labute approximate surface area is 339 Å². The van der Waals surface area contributed by atoms with Gasteiger partial charge in [0.15, 0.2) is 11.6 Å². The monoisotopic (exact) mass is 812 g/mol. The summed E-state index contributed by atoms with van der Waals surface area (Å²) in [4.78, 5) is 46.5. The number of imidazole rings is 1. The number of pyridine rings is 1. The average molecular weight is 813 g/mol. The van der Waals surface area contributed by atoms with E-state index >= 15 is 9.18 Å². The van der Waals surface area contributed by atoms with Crippen LogP contribution < -0.4 is 11.4 Å². The van der Waals surface area contributed by atoms with E-state index in [2.05, 4.69) is 27.5 Å². The fourth-order valence-electron chi connectivity index (χ4n) is 9.46. The zero-order valence-electron chi connectivity index (χ0n) is 32.6. The fraction of sp³-hybridized carbons (Fsp3) is 0.302. The van der Waals surface area contributed by atoms with E-state index in [1.807, 2.05) is 23.6 Å². The predicted molar refractivity (Wildman–Crippen MR) is 214 cm³/mol. The molecule has 6 aromatic heterocycles. The molecular formula is C43H38F2N10O5. The maximum absolute atomic E-state index is 16.0. The lowest BCUT2D eigenvalue weighted by Gasteiger charge is -2.35. The van der Waals surface area contributed by atoms with Crippen molar-refractivity contribution in [2.24, 2.45) is 7.05 Å². The molecule has 11 rings (SSSR count). The molecule has 2 fully saturated rings. The van der Waals surface area contributed by atoms with Crippen molar-refractivity contribution in [3.8, 4) is 22.6 Å². The molecular weight excluding hydrogens is 775 g/mol. The number of aromatic amines is 1. The van der Waals surface area contributed by atoms with Crippen LogP contribution in [0.3, 0.4) is 0 Å². The molecule has 1 atom stereocenters. The molecule has 1 N–H and O–H groups in total. The van der Waals surface area contributed by atoms with Crippen LogP contribution in [0.4, 0.5) is 8.78 Å². The molecule has 3 aliphatic rings. The van der Waals surface area contributed by atoms with Crippen molar-refractivity contribution in [1.29, 1.82) is 0 Å². The number of hydrogen-bond donors (Lipinski definition) is 1. The second-order valence-electron chi connectivity index (χ2n) is 16.0. The highest BCUT2D eigenvalue weighted by Gasteiger charge is 2.53. The third-order valence-corrected chi connectivity index (χ3v) is 12.7. The number of halogens is 2. The van der Waals surface area contributed by atoms with Gasteiger partial charge in [-0.1, -0.05) is 11.2 Å². The van der Waals surface area contributed by atoms with Crippen LogP contribution in [-0.2, 0) is 23.7 Å². The SMILES string of the molecule is CC1c2c(-n3ccn(-c4ccc5c(cnn5C)c4F)c3=O)c(-c3ccc(F)cc3)nn2CCN1C(=O)c1cn2cc(C3CCOCC3)ccc2c1C1(c2noc(=O)[nH]2)CC1. The molecule has 8 heterocycles. The van der Waals surface area contributed by atoms with Gasteiger partial charge in [-0.25, -0.2) is 18.4 Å². The number of nitrogens with one attached hydrogen (secondary N) is 1. The van der Waals surface area contributed by atoms with Crippen LogP contribution >= 0.6 is 0 Å². The van der Waals surface area contributed by atoms with Gasteiger partial charge in [0.2, 0.25) is 0 Å². The number of rotatable bonds is 7. The minimum atomic E-state index is -0.738. The molecule has 2 aliphatic heterocycles. The highest BCUT2D eigenvalue weighted by atomic mass is 19.1. The Balaban J connectivity index is 1.04. The third kappa shape index (κ3) is 5.41. The first-order valence-corrected chi connectivity index (χ1v) is 20.0. The Morgan fingerprint density at radius 2 is 1.70 bits per heavy atom. The van der Waals surface area contributed by atoms with E-state index in [0.29, 0.717) is 78.1 Å². The van der Waals surface area contributed by atoms with Crippen LogP contribution in [-0.4, -0.2) is 73.8 Å². The highest BCUT2D eigenvalue weighted by molar-refractivity contribution is 5.99. The molecule has 1 amide bonds. The lowest BCUT2D eigenvalue weighted by molar-refractivity contribution is 0.0635. The van der Waals surface area contributed by atoms with Crippen molar-refractivity contribution >= 4 is 22.3 Å². The number of aryl methyl sites for hydroxylation is 1. The lowest BCUT2D eigenvalue weighted by Crippen LogP contribution is -2.42. The van der Waals surface area contributed by atoms with Crippen LogP contribution in [0, 0.1) is 11.6 Å². The molecule has 304 valence electrons. The summed E-state index contributed by atoms with van der Waals surface area (Å²) in [5.41, 5.74) is 4.44. The summed E-state index contributed by atoms with van der Waals surface area (Å²) in [6, 6.07) is 12.6. The van der Waals surface area contributed by atoms with Crippen molar-refractivity contribution in [2.45, 2.75) is 56.5 Å². The number of carbonyl (C=O) groups excluding carboxylic acids is 1. The Bertz CT molecular complexity index is 3140. The van der Waals surface area contributed by atoms with Gasteiger partial charge >= 0.3 is 11.4 Å². The topological polar surface area (TPSA) is 155 Å². The molecule has 60 heavy (non-hydrogen) atoms. The number of hydrogen-bond acceptors (Lipinski definition) is 8. The van der Waals surface area contributed by atoms with E-state index < -0.39 is 34.5 Å². The van der Waals surface area contributed by atoms with Gasteiger partial charge in [-0.3, -0.25) is 32.8 Å². The maximum atomic E-state index is 16.0. The normalized spacial score (nSPS) is 17.8. The van der Waals surface area contributed by atoms with Gasteiger partial charge in [-0.05, 0) is 86.6 Å². The average Bonchev–Trinajstić information content (AvgIpc) is 3.71. The number of nitrogens with zero attached hydrogens (tertiary/aromatic N) is 9. The van der Waals surface area contributed by atoms with E-state index in [0.717, 1.165) is 29.5 Å². The summed E-state index contributed by atoms with van der Waals surface area (Å²) in [6.45, 7) is 3.85. The Morgan fingerprint density at radius 1 is 0.933 bits per heavy atom. The summed E-state index contributed by atoms with van der Waals surface area (Å²) >= 11 is 0. The molecule has 15 nitrogen and oxygen atoms in total. The van der Waals surface area contributed by atoms with Crippen LogP contribution in [0.5, 0.6) is 0 Å². The molecule has 17 heteroatoms. The molecule has 1 unspecified atom stereocenters. The number of benzene rings is 2. The minimum absolute atomic E-state index is 0.0456. The number of aromatic nitrogens is 9. The third-order valence-electron chi connectivity index (χ3n) is 12.7. The Hall–Kier alpha value is -6.88. The molecule has 1 saturated heterocycles. The van der Waals surface area contributed by atoms with E-state index in [1.165, 1.54) is 39.7 Å². The van der Waals surface area contributed by atoms with Crippen LogP contribution in [0.1, 0.15) is 77.6 Å². The van der Waals surface area contributed by atoms with Crippen molar-refractivity contribution < 1.29 is 22.8 Å². The van der Waals surface area contributed by atoms with Gasteiger partial charge in [0, 0.05) is 62.7 Å². The summed E-state index contributed by atoms with van der Waals surface area (Å²) < 4.78 is 48.8. The van der Waals surface area contributed by atoms with Crippen molar-refractivity contribution in [1.82, 2.24) is 48.1 Å². The largest absolute Gasteiger partial charge is 0.438 e. The molecule has 0 spiro atoms. The van der Waals surface area contributed by atoms with E-state index in [1.54, 1.807) is 45.7 Å². The smallest absolute Gasteiger partial charge is 0.381 e. The van der Waals surface area contributed by atoms with E-state index in [-0.39, 0.29) is 23.5 Å². The molecule has 8 aromatic rings. The Morgan fingerprint density at radius 3 is 2.45 bits per heavy atom. The zero-order valence-corrected chi connectivity index (χ0v) is 32.6. The summed E-state index contributed by atoms with van der Waals surface area (Å²) in [5.74, 6) is -1.25. The maximum Gasteiger partial charge on any atom is 0.438 e. The summed E-state index contributed by atoms with van der Waals surface area (Å²) in [5, 5.41) is 13.5. The van der Waals surface area contributed by atoms with Gasteiger partial charge in [0.05, 0.1) is 57.6 Å². The summed E-state index contributed by atoms with van der Waals surface area (Å²) in [6.07, 6.45) is 11.5. The van der Waals surface area contributed by atoms with Crippen LogP contribution in [0.15, 0.2) is 93.6 Å². The highest BCUT2D eigenvalue weighted by Crippen LogP contribution is 2.55. The van der Waals surface area contributed by atoms with Crippen molar-refractivity contribution in [3.05, 3.63) is 140 Å². The first kappa shape index (κ1) is 36.2. The predicted octanol–water partition coefficient (Wildman–Crippen LogP) is 5.78. The molecule has 1 aliphatic carbocycles. The second kappa shape index (κ2) is 13.3.